The van der Waals surface area contributed by atoms with Gasteiger partial charge in [-0.3, -0.25) is 4.79 Å². The quantitative estimate of drug-likeness (QED) is 0.421. The summed E-state index contributed by atoms with van der Waals surface area (Å²) < 4.78 is 43.1. The Morgan fingerprint density at radius 3 is 2.54 bits per heavy atom. The Kier molecular flexibility index (Phi) is 5.91. The van der Waals surface area contributed by atoms with Crippen molar-refractivity contribution in [3.05, 3.63) is 30.1 Å². The van der Waals surface area contributed by atoms with Crippen LogP contribution in [-0.4, -0.2) is 22.2 Å². The number of hydrogen-bond acceptors (Lipinski definition) is 7. The summed E-state index contributed by atoms with van der Waals surface area (Å²) >= 11 is 0. The molecular weight excluding hydrogens is 368 g/mol. The second-order valence-electron chi connectivity index (χ2n) is 6.18. The van der Waals surface area contributed by atoms with Crippen molar-refractivity contribution < 1.29 is 48.1 Å². The average Bonchev–Trinajstić information content (AvgIpc) is 2.81. The van der Waals surface area contributed by atoms with Gasteiger partial charge in [0.2, 0.25) is 5.72 Å². The van der Waals surface area contributed by atoms with Crippen molar-refractivity contribution in [2.45, 2.75) is 38.3 Å². The number of carbonyl (C=O) groups is 1. The number of imidazole rings is 1. The van der Waals surface area contributed by atoms with Gasteiger partial charge in [0.05, 0.1) is 13.7 Å². The van der Waals surface area contributed by atoms with Gasteiger partial charge in [0, 0.05) is 13.3 Å². The molecule has 0 bridgehead atoms. The minimum absolute atomic E-state index is 0.215. The summed E-state index contributed by atoms with van der Waals surface area (Å²) in [5.74, 6) is 0.265. The molecule has 0 saturated heterocycles. The Balaban J connectivity index is 0.000000431. The van der Waals surface area contributed by atoms with Crippen molar-refractivity contribution in [2.24, 2.45) is 7.05 Å². The lowest BCUT2D eigenvalue weighted by Crippen LogP contribution is -2.68. The van der Waals surface area contributed by atoms with Crippen LogP contribution in [0.5, 0.6) is 0 Å². The number of rotatable bonds is 2. The lowest BCUT2D eigenvalue weighted by atomic mass is 9.92. The number of esters is 1. The van der Waals surface area contributed by atoms with E-state index in [0.717, 1.165) is 16.9 Å². The predicted octanol–water partition coefficient (Wildman–Crippen LogP) is -3.18. The fourth-order valence-corrected chi connectivity index (χ4v) is 3.35. The third-order valence-electron chi connectivity index (χ3n) is 4.33. The summed E-state index contributed by atoms with van der Waals surface area (Å²) in [6.07, 6.45) is 1.12. The van der Waals surface area contributed by atoms with E-state index >= 15 is 0 Å². The molecule has 0 saturated carbocycles. The average molecular weight is 389 g/mol. The first-order valence-corrected chi connectivity index (χ1v) is 9.21. The number of benzene rings is 1. The van der Waals surface area contributed by atoms with Gasteiger partial charge in [-0.15, -0.1) is 10.2 Å². The third-order valence-corrected chi connectivity index (χ3v) is 4.33. The maximum atomic E-state index is 12.3. The lowest BCUT2D eigenvalue weighted by Gasteiger charge is -2.29. The number of ether oxygens (including phenoxy) is 1. The van der Waals surface area contributed by atoms with Crippen LogP contribution < -0.4 is 23.2 Å². The number of fused-ring (bicyclic) bond motifs is 3. The topological polar surface area (TPSA) is 148 Å². The van der Waals surface area contributed by atoms with E-state index in [0.29, 0.717) is 19.4 Å². The molecule has 1 aliphatic rings. The van der Waals surface area contributed by atoms with E-state index in [1.165, 1.54) is 0 Å². The lowest BCUT2D eigenvalue weighted by molar-refractivity contribution is -2.00. The fraction of sp³-hybridized carbons (Fsp3) is 0.500. The van der Waals surface area contributed by atoms with E-state index in [1.807, 2.05) is 47.4 Å². The van der Waals surface area contributed by atoms with Crippen LogP contribution in [0.25, 0.3) is 11.0 Å². The summed E-state index contributed by atoms with van der Waals surface area (Å²) in [5.41, 5.74) is 0.956. The molecule has 2 unspecified atom stereocenters. The molecule has 0 fully saturated rings. The van der Waals surface area contributed by atoms with Crippen molar-refractivity contribution in [3.8, 4) is 0 Å². The molecule has 144 valence electrons. The number of para-hydroxylation sites is 2. The van der Waals surface area contributed by atoms with Crippen LogP contribution in [0.1, 0.15) is 38.4 Å². The number of hydrogen-bond donors (Lipinski definition) is 1. The molecular formula is C16H21ClN2O7. The van der Waals surface area contributed by atoms with E-state index in [4.69, 9.17) is 23.4 Å². The minimum Gasteiger partial charge on any atom is -0.465 e. The van der Waals surface area contributed by atoms with Crippen molar-refractivity contribution in [2.75, 3.05) is 6.61 Å². The molecule has 0 amide bonds. The van der Waals surface area contributed by atoms with Crippen LogP contribution in [0, 0.1) is 10.2 Å². The van der Waals surface area contributed by atoms with Crippen LogP contribution in [0.4, 0.5) is 0 Å². The highest BCUT2D eigenvalue weighted by atomic mass is 35.7. The number of halogens is 1. The zero-order valence-corrected chi connectivity index (χ0v) is 15.4. The summed E-state index contributed by atoms with van der Waals surface area (Å²) in [7, 11) is -3.01. The van der Waals surface area contributed by atoms with Crippen LogP contribution in [0.2, 0.25) is 0 Å². The van der Waals surface area contributed by atoms with Crippen molar-refractivity contribution in [1.29, 1.82) is 0 Å². The fourth-order valence-electron chi connectivity index (χ4n) is 3.35. The van der Waals surface area contributed by atoms with E-state index in [9.17, 15) is 9.90 Å². The van der Waals surface area contributed by atoms with E-state index in [-0.39, 0.29) is 11.9 Å². The number of nitrogens with zero attached hydrogens (tertiary/aromatic N) is 2. The maximum Gasteiger partial charge on any atom is 0.321 e. The van der Waals surface area contributed by atoms with E-state index < -0.39 is 16.0 Å². The van der Waals surface area contributed by atoms with Gasteiger partial charge in [0.1, 0.15) is 0 Å². The van der Waals surface area contributed by atoms with Gasteiger partial charge in [-0.05, 0) is 25.5 Å². The Bertz CT molecular complexity index is 792. The van der Waals surface area contributed by atoms with Crippen molar-refractivity contribution in [3.63, 3.8) is 0 Å². The largest absolute Gasteiger partial charge is 0.465 e. The van der Waals surface area contributed by atoms with Gasteiger partial charge in [-0.25, -0.2) is 23.2 Å². The summed E-state index contributed by atoms with van der Waals surface area (Å²) in [6, 6.07) is 7.88. The van der Waals surface area contributed by atoms with Crippen molar-refractivity contribution in [1.82, 2.24) is 4.57 Å². The molecule has 9 nitrogen and oxygen atoms in total. The molecule has 0 aliphatic carbocycles. The molecule has 1 aromatic carbocycles. The second kappa shape index (κ2) is 7.47. The molecule has 0 radical (unpaired) electrons. The molecule has 2 aromatic rings. The standard InChI is InChI=1S/C16H21N2O3.ClHO4/c1-4-21-15(19)11-9-10-16(2,20)18-13-8-6-5-7-12(13)17(3)14(11)18;2-1(3,4)5/h5-8,11,20H,4,9-10H2,1-3H3;(H,2,3,4,5)/q+1;/p-1. The molecule has 2 atom stereocenters. The maximum absolute atomic E-state index is 12.3. The first-order chi connectivity index (χ1) is 12.0. The molecule has 2 heterocycles. The Labute approximate surface area is 152 Å². The van der Waals surface area contributed by atoms with E-state index in [2.05, 4.69) is 0 Å². The smallest absolute Gasteiger partial charge is 0.321 e. The SMILES string of the molecule is CCOC(=O)C1CCC(C)(O)[n+]2c1n(C)c1ccccc12.[O-][Cl+3]([O-])([O-])[O-]. The van der Waals surface area contributed by atoms with Crippen LogP contribution in [-0.2, 0) is 22.3 Å². The molecule has 26 heavy (non-hydrogen) atoms. The van der Waals surface area contributed by atoms with Gasteiger partial charge in [0.15, 0.2) is 17.0 Å². The Hall–Kier alpha value is -1.75. The summed E-state index contributed by atoms with van der Waals surface area (Å²) in [4.78, 5) is 12.3. The molecule has 10 heteroatoms. The molecule has 1 aliphatic heterocycles. The third kappa shape index (κ3) is 4.32. The number of aryl methyl sites for hydroxylation is 1. The first kappa shape index (κ1) is 20.6. The summed E-state index contributed by atoms with van der Waals surface area (Å²) in [6.45, 7) is 3.98. The van der Waals surface area contributed by atoms with Gasteiger partial charge >= 0.3 is 5.97 Å². The predicted molar refractivity (Wildman–Crippen MR) is 77.6 cm³/mol. The zero-order valence-electron chi connectivity index (χ0n) is 14.7. The van der Waals surface area contributed by atoms with Crippen LogP contribution in [0.15, 0.2) is 24.3 Å². The molecule has 0 spiro atoms. The van der Waals surface area contributed by atoms with Gasteiger partial charge < -0.3 is 9.84 Å². The van der Waals surface area contributed by atoms with Crippen molar-refractivity contribution >= 4 is 17.0 Å². The number of carbonyl (C=O) groups excluding carboxylic acids is 1. The highest BCUT2D eigenvalue weighted by Crippen LogP contribution is 2.34. The van der Waals surface area contributed by atoms with Gasteiger partial charge in [-0.1, -0.05) is 12.1 Å². The summed E-state index contributed by atoms with van der Waals surface area (Å²) in [5, 5.41) is 10.8. The number of aromatic nitrogens is 2. The van der Waals surface area contributed by atoms with E-state index in [1.54, 1.807) is 6.92 Å². The number of aliphatic hydroxyl groups is 1. The normalized spacial score (nSPS) is 22.4. The molecule has 3 rings (SSSR count). The Morgan fingerprint density at radius 2 is 1.96 bits per heavy atom. The van der Waals surface area contributed by atoms with Gasteiger partial charge in [0.25, 0.3) is 5.82 Å². The zero-order chi connectivity index (χ0) is 19.7. The highest BCUT2D eigenvalue weighted by molar-refractivity contribution is 5.79. The van der Waals surface area contributed by atoms with Crippen LogP contribution >= 0.6 is 0 Å². The molecule has 1 aromatic heterocycles. The monoisotopic (exact) mass is 388 g/mol. The first-order valence-electron chi connectivity index (χ1n) is 7.98. The van der Waals surface area contributed by atoms with Gasteiger partial charge in [-0.2, -0.15) is 4.57 Å². The highest BCUT2D eigenvalue weighted by Gasteiger charge is 2.47. The second-order valence-corrected chi connectivity index (χ2v) is 6.94. The Morgan fingerprint density at radius 1 is 1.38 bits per heavy atom. The molecule has 1 N–H and O–H groups in total. The minimum atomic E-state index is -4.94. The van der Waals surface area contributed by atoms with Crippen LogP contribution in [0.3, 0.4) is 0 Å².